The van der Waals surface area contributed by atoms with Gasteiger partial charge in [-0.15, -0.1) is 0 Å². The summed E-state index contributed by atoms with van der Waals surface area (Å²) in [5, 5.41) is 2.71. The Balaban J connectivity index is 2.93. The van der Waals surface area contributed by atoms with Crippen LogP contribution in [-0.4, -0.2) is 28.0 Å². The van der Waals surface area contributed by atoms with Crippen LogP contribution in [0.4, 0.5) is 0 Å². The van der Waals surface area contributed by atoms with Crippen molar-refractivity contribution in [1.29, 1.82) is 0 Å². The minimum absolute atomic E-state index is 0.260. The molecule has 19 heavy (non-hydrogen) atoms. The fourth-order valence-corrected chi connectivity index (χ4v) is 2.24. The van der Waals surface area contributed by atoms with Gasteiger partial charge < -0.3 is 5.32 Å². The molecular formula is C14H18N2O3. The van der Waals surface area contributed by atoms with E-state index in [4.69, 9.17) is 0 Å². The monoisotopic (exact) mass is 262 g/mol. The smallest absolute Gasteiger partial charge is 0.253 e. The van der Waals surface area contributed by atoms with E-state index in [-0.39, 0.29) is 17.5 Å². The maximum absolute atomic E-state index is 12.0. The van der Waals surface area contributed by atoms with Gasteiger partial charge in [-0.3, -0.25) is 19.4 Å². The Labute approximate surface area is 112 Å². The van der Waals surface area contributed by atoms with E-state index in [1.807, 2.05) is 0 Å². The molecule has 1 rings (SSSR count). The summed E-state index contributed by atoms with van der Waals surface area (Å²) in [5.74, 6) is -1.73. The highest BCUT2D eigenvalue weighted by Gasteiger charge is 2.37. The number of carbonyl (C=O) groups is 3. The summed E-state index contributed by atoms with van der Waals surface area (Å²) in [6.07, 6.45) is 3.00. The molecule has 0 fully saturated rings. The zero-order valence-electron chi connectivity index (χ0n) is 11.6. The molecule has 1 aromatic rings. The Morgan fingerprint density at radius 3 is 2.21 bits per heavy atom. The molecule has 0 aliphatic carbocycles. The van der Waals surface area contributed by atoms with Gasteiger partial charge in [0.05, 0.1) is 17.0 Å². The number of hydrogen-bond acceptors (Lipinski definition) is 4. The number of amides is 1. The number of nitrogens with one attached hydrogen (secondary N) is 1. The van der Waals surface area contributed by atoms with E-state index in [0.29, 0.717) is 5.56 Å². The van der Waals surface area contributed by atoms with Crippen molar-refractivity contribution in [3.05, 3.63) is 30.1 Å². The fraction of sp³-hybridized carbons (Fsp3) is 0.429. The van der Waals surface area contributed by atoms with Gasteiger partial charge in [0.25, 0.3) is 5.91 Å². The molecule has 0 aliphatic heterocycles. The zero-order chi connectivity index (χ0) is 14.6. The average Bonchev–Trinajstić information content (AvgIpc) is 2.27. The lowest BCUT2D eigenvalue weighted by atomic mass is 9.81. The lowest BCUT2D eigenvalue weighted by Gasteiger charge is -2.32. The molecule has 1 heterocycles. The van der Waals surface area contributed by atoms with Crippen LogP contribution in [0, 0.1) is 5.92 Å². The van der Waals surface area contributed by atoms with E-state index < -0.39 is 11.5 Å². The van der Waals surface area contributed by atoms with E-state index in [1.54, 1.807) is 32.2 Å². The van der Waals surface area contributed by atoms with Crippen molar-refractivity contribution >= 4 is 17.5 Å². The Morgan fingerprint density at radius 1 is 1.21 bits per heavy atom. The Hall–Kier alpha value is -2.04. The molecule has 1 amide bonds. The maximum Gasteiger partial charge on any atom is 0.253 e. The number of carbonyl (C=O) groups excluding carboxylic acids is 3. The van der Waals surface area contributed by atoms with Crippen molar-refractivity contribution in [3.8, 4) is 0 Å². The van der Waals surface area contributed by atoms with E-state index in [9.17, 15) is 14.4 Å². The molecule has 0 radical (unpaired) electrons. The third-order valence-corrected chi connectivity index (χ3v) is 2.89. The molecule has 0 aliphatic rings. The highest BCUT2D eigenvalue weighted by molar-refractivity contribution is 6.03. The first-order valence-corrected chi connectivity index (χ1v) is 5.99. The summed E-state index contributed by atoms with van der Waals surface area (Å²) < 4.78 is 0. The second-order valence-electron chi connectivity index (χ2n) is 5.07. The van der Waals surface area contributed by atoms with Crippen LogP contribution in [0.5, 0.6) is 0 Å². The van der Waals surface area contributed by atoms with Crippen molar-refractivity contribution in [1.82, 2.24) is 10.3 Å². The van der Waals surface area contributed by atoms with Gasteiger partial charge in [0, 0.05) is 12.4 Å². The van der Waals surface area contributed by atoms with E-state index in [0.717, 1.165) is 0 Å². The summed E-state index contributed by atoms with van der Waals surface area (Å²) in [7, 11) is 0. The molecule has 0 aromatic carbocycles. The van der Waals surface area contributed by atoms with Gasteiger partial charge in [-0.2, -0.15) is 0 Å². The fourth-order valence-electron chi connectivity index (χ4n) is 2.24. The summed E-state index contributed by atoms with van der Waals surface area (Å²) in [6.45, 7) is 6.03. The lowest BCUT2D eigenvalue weighted by molar-refractivity contribution is -0.133. The summed E-state index contributed by atoms with van der Waals surface area (Å²) in [4.78, 5) is 39.0. The van der Waals surface area contributed by atoms with Crippen LogP contribution in [-0.2, 0) is 9.59 Å². The molecule has 5 nitrogen and oxygen atoms in total. The topological polar surface area (TPSA) is 76.1 Å². The first-order chi connectivity index (χ1) is 8.75. The van der Waals surface area contributed by atoms with Gasteiger partial charge >= 0.3 is 0 Å². The van der Waals surface area contributed by atoms with Crippen LogP contribution >= 0.6 is 0 Å². The molecule has 5 heteroatoms. The highest BCUT2D eigenvalue weighted by atomic mass is 16.2. The van der Waals surface area contributed by atoms with Crippen LogP contribution in [0.3, 0.4) is 0 Å². The number of pyridine rings is 1. The Morgan fingerprint density at radius 2 is 1.79 bits per heavy atom. The van der Waals surface area contributed by atoms with Gasteiger partial charge in [-0.05, 0) is 39.8 Å². The molecule has 0 saturated carbocycles. The first-order valence-electron chi connectivity index (χ1n) is 5.99. The summed E-state index contributed by atoms with van der Waals surface area (Å²) >= 11 is 0. The highest BCUT2D eigenvalue weighted by Crippen LogP contribution is 2.19. The van der Waals surface area contributed by atoms with Crippen LogP contribution in [0.25, 0.3) is 0 Å². The van der Waals surface area contributed by atoms with E-state index in [1.165, 1.54) is 20.0 Å². The molecule has 1 aromatic heterocycles. The molecule has 1 N–H and O–H groups in total. The van der Waals surface area contributed by atoms with Crippen LogP contribution < -0.4 is 5.32 Å². The number of rotatable bonds is 5. The van der Waals surface area contributed by atoms with Crippen LogP contribution in [0.15, 0.2) is 24.5 Å². The molecule has 0 bridgehead atoms. The molecule has 0 unspecified atom stereocenters. The van der Waals surface area contributed by atoms with Crippen LogP contribution in [0.2, 0.25) is 0 Å². The molecule has 0 spiro atoms. The number of nitrogens with zero attached hydrogens (tertiary/aromatic N) is 1. The second-order valence-corrected chi connectivity index (χ2v) is 5.07. The third-order valence-electron chi connectivity index (χ3n) is 2.89. The van der Waals surface area contributed by atoms with Crippen molar-refractivity contribution in [2.75, 3.05) is 0 Å². The molecular weight excluding hydrogens is 244 g/mol. The number of hydrogen-bond donors (Lipinski definition) is 1. The Kier molecular flexibility index (Phi) is 4.53. The van der Waals surface area contributed by atoms with Gasteiger partial charge in [-0.25, -0.2) is 0 Å². The largest absolute Gasteiger partial charge is 0.346 e. The Bertz CT molecular complexity index is 481. The average molecular weight is 262 g/mol. The van der Waals surface area contributed by atoms with Crippen molar-refractivity contribution < 1.29 is 14.4 Å². The summed E-state index contributed by atoms with van der Waals surface area (Å²) in [6, 6.07) is 3.27. The van der Waals surface area contributed by atoms with Crippen molar-refractivity contribution in [2.45, 2.75) is 33.2 Å². The van der Waals surface area contributed by atoms with Gasteiger partial charge in [0.2, 0.25) is 0 Å². The quantitative estimate of drug-likeness (QED) is 0.813. The normalized spacial score (nSPS) is 11.2. The van der Waals surface area contributed by atoms with Crippen LogP contribution in [0.1, 0.15) is 38.1 Å². The van der Waals surface area contributed by atoms with E-state index >= 15 is 0 Å². The third kappa shape index (κ3) is 3.71. The standard InChI is InChI=1S/C14H18N2O3/c1-9(17)12(10(2)18)14(3,4)16-13(19)11-6-5-7-15-8-11/h5-8,12H,1-4H3,(H,16,19). The molecule has 0 saturated heterocycles. The zero-order valence-corrected chi connectivity index (χ0v) is 11.6. The second kappa shape index (κ2) is 5.73. The minimum atomic E-state index is -0.940. The van der Waals surface area contributed by atoms with Crippen molar-refractivity contribution in [2.24, 2.45) is 5.92 Å². The first kappa shape index (κ1) is 15.0. The van der Waals surface area contributed by atoms with Gasteiger partial charge in [0.1, 0.15) is 11.6 Å². The maximum atomic E-state index is 12.0. The summed E-state index contributed by atoms with van der Waals surface area (Å²) in [5.41, 5.74) is -0.550. The van der Waals surface area contributed by atoms with E-state index in [2.05, 4.69) is 10.3 Å². The lowest BCUT2D eigenvalue weighted by Crippen LogP contribution is -2.53. The number of ketones is 2. The predicted octanol–water partition coefficient (Wildman–Crippen LogP) is 1.38. The minimum Gasteiger partial charge on any atom is -0.346 e. The van der Waals surface area contributed by atoms with Gasteiger partial charge in [-0.1, -0.05) is 0 Å². The molecule has 0 atom stereocenters. The number of Topliss-reactive ketones (excluding diaryl/α,β-unsaturated/α-hetero) is 2. The predicted molar refractivity (Wildman–Crippen MR) is 70.6 cm³/mol. The van der Waals surface area contributed by atoms with Gasteiger partial charge in [0.15, 0.2) is 0 Å². The molecule has 102 valence electrons. The number of aromatic nitrogens is 1. The van der Waals surface area contributed by atoms with Crippen molar-refractivity contribution in [3.63, 3.8) is 0 Å². The SMILES string of the molecule is CC(=O)C(C(C)=O)C(C)(C)NC(=O)c1cccnc1.